The number of nitrogens with two attached hydrogens (primary N) is 1. The van der Waals surface area contributed by atoms with Crippen molar-refractivity contribution in [3.05, 3.63) is 69.7 Å². The molecule has 2 aromatic rings. The lowest BCUT2D eigenvalue weighted by Gasteiger charge is -2.17. The van der Waals surface area contributed by atoms with Gasteiger partial charge in [-0.25, -0.2) is 12.7 Å². The van der Waals surface area contributed by atoms with Gasteiger partial charge in [0.15, 0.2) is 0 Å². The fourth-order valence-corrected chi connectivity index (χ4v) is 5.52. The summed E-state index contributed by atoms with van der Waals surface area (Å²) in [5, 5.41) is 0.863. The Morgan fingerprint density at radius 2 is 1.68 bits per heavy atom. The molecule has 134 valence electrons. The van der Waals surface area contributed by atoms with Crippen LogP contribution in [0.15, 0.2) is 48.5 Å². The first-order valence-electron chi connectivity index (χ1n) is 8.07. The highest BCUT2D eigenvalue weighted by atomic mass is 35.5. The van der Waals surface area contributed by atoms with Gasteiger partial charge in [-0.2, -0.15) is 0 Å². The summed E-state index contributed by atoms with van der Waals surface area (Å²) in [4.78, 5) is 0. The van der Waals surface area contributed by atoms with Crippen LogP contribution in [0.4, 0.5) is 0 Å². The second-order valence-electron chi connectivity index (χ2n) is 6.36. The summed E-state index contributed by atoms with van der Waals surface area (Å²) in [5.74, 6) is 0.107. The van der Waals surface area contributed by atoms with Gasteiger partial charge in [0.25, 0.3) is 0 Å². The Balaban J connectivity index is 1.81. The van der Waals surface area contributed by atoms with E-state index in [2.05, 4.69) is 0 Å². The predicted molar refractivity (Wildman–Crippen MR) is 102 cm³/mol. The van der Waals surface area contributed by atoms with E-state index in [1.54, 1.807) is 18.2 Å². The second-order valence-corrected chi connectivity index (χ2v) is 9.21. The SMILES string of the molecule is NC[C@@H]1CN(S(=O)(=O)Cc2cc(Cl)cc(Cl)c2)C[C@H]1c1ccccc1. The second kappa shape index (κ2) is 7.64. The molecule has 0 bridgehead atoms. The third-order valence-corrected chi connectivity index (χ3v) is 6.82. The van der Waals surface area contributed by atoms with E-state index in [4.69, 9.17) is 28.9 Å². The molecule has 4 nitrogen and oxygen atoms in total. The molecule has 2 N–H and O–H groups in total. The Morgan fingerprint density at radius 3 is 2.28 bits per heavy atom. The molecule has 3 rings (SSSR count). The number of hydrogen-bond donors (Lipinski definition) is 1. The monoisotopic (exact) mass is 398 g/mol. The average molecular weight is 399 g/mol. The molecule has 1 fully saturated rings. The van der Waals surface area contributed by atoms with Crippen LogP contribution < -0.4 is 5.73 Å². The number of benzene rings is 2. The average Bonchev–Trinajstić information content (AvgIpc) is 2.99. The van der Waals surface area contributed by atoms with Crippen LogP contribution in [0.25, 0.3) is 0 Å². The van der Waals surface area contributed by atoms with Crippen LogP contribution in [-0.4, -0.2) is 32.4 Å². The van der Waals surface area contributed by atoms with E-state index in [1.807, 2.05) is 30.3 Å². The van der Waals surface area contributed by atoms with Gasteiger partial charge in [0, 0.05) is 29.1 Å². The van der Waals surface area contributed by atoms with E-state index in [1.165, 1.54) is 4.31 Å². The van der Waals surface area contributed by atoms with Gasteiger partial charge >= 0.3 is 0 Å². The van der Waals surface area contributed by atoms with Gasteiger partial charge in [0.05, 0.1) is 5.75 Å². The third-order valence-electron chi connectivity index (χ3n) is 4.60. The Morgan fingerprint density at radius 1 is 1.04 bits per heavy atom. The first-order chi connectivity index (χ1) is 11.9. The minimum absolute atomic E-state index is 0.111. The largest absolute Gasteiger partial charge is 0.330 e. The molecule has 1 aliphatic heterocycles. The molecule has 2 aromatic carbocycles. The molecule has 0 amide bonds. The van der Waals surface area contributed by atoms with Crippen molar-refractivity contribution in [3.63, 3.8) is 0 Å². The zero-order chi connectivity index (χ0) is 18.0. The molecule has 0 spiro atoms. The highest BCUT2D eigenvalue weighted by molar-refractivity contribution is 7.88. The Bertz CT molecular complexity index is 823. The summed E-state index contributed by atoms with van der Waals surface area (Å²) in [6, 6.07) is 14.8. The standard InChI is InChI=1S/C18H20Cl2N2O2S/c19-16-6-13(7-17(20)8-16)12-25(23,24)22-10-15(9-21)18(11-22)14-4-2-1-3-5-14/h1-8,15,18H,9-12,21H2/t15-,18+/m1/s1. The molecule has 25 heavy (non-hydrogen) atoms. The van der Waals surface area contributed by atoms with Gasteiger partial charge < -0.3 is 5.73 Å². The van der Waals surface area contributed by atoms with Crippen LogP contribution >= 0.6 is 23.2 Å². The van der Waals surface area contributed by atoms with Crippen molar-refractivity contribution in [2.24, 2.45) is 11.7 Å². The van der Waals surface area contributed by atoms with Crippen molar-refractivity contribution in [2.75, 3.05) is 19.6 Å². The van der Waals surface area contributed by atoms with Crippen molar-refractivity contribution >= 4 is 33.2 Å². The van der Waals surface area contributed by atoms with Crippen LogP contribution in [0, 0.1) is 5.92 Å². The van der Waals surface area contributed by atoms with Crippen molar-refractivity contribution in [2.45, 2.75) is 11.7 Å². The zero-order valence-corrected chi connectivity index (χ0v) is 15.9. The Kier molecular flexibility index (Phi) is 5.71. The van der Waals surface area contributed by atoms with Crippen LogP contribution in [0.3, 0.4) is 0 Å². The van der Waals surface area contributed by atoms with E-state index in [0.717, 1.165) is 5.56 Å². The molecule has 1 heterocycles. The number of halogens is 2. The van der Waals surface area contributed by atoms with Gasteiger partial charge in [-0.15, -0.1) is 0 Å². The molecular weight excluding hydrogens is 379 g/mol. The zero-order valence-electron chi connectivity index (χ0n) is 13.6. The minimum Gasteiger partial charge on any atom is -0.330 e. The molecule has 0 radical (unpaired) electrons. The highest BCUT2D eigenvalue weighted by Gasteiger charge is 2.38. The minimum atomic E-state index is -3.47. The molecule has 1 saturated heterocycles. The first-order valence-corrected chi connectivity index (χ1v) is 10.4. The normalized spacial score (nSPS) is 21.6. The Hall–Kier alpha value is -1.11. The van der Waals surface area contributed by atoms with Gasteiger partial charge in [-0.3, -0.25) is 0 Å². The molecule has 0 unspecified atom stereocenters. The third kappa shape index (κ3) is 4.36. The van der Waals surface area contributed by atoms with E-state index < -0.39 is 10.0 Å². The predicted octanol–water partition coefficient (Wildman–Crippen LogP) is 3.50. The van der Waals surface area contributed by atoms with Gasteiger partial charge in [0.1, 0.15) is 0 Å². The van der Waals surface area contributed by atoms with Crippen LogP contribution in [-0.2, 0) is 15.8 Å². The van der Waals surface area contributed by atoms with Crippen molar-refractivity contribution in [1.29, 1.82) is 0 Å². The lowest BCUT2D eigenvalue weighted by Crippen LogP contribution is -2.31. The summed E-state index contributed by atoms with van der Waals surface area (Å²) in [5.41, 5.74) is 7.62. The van der Waals surface area contributed by atoms with Crippen molar-refractivity contribution in [1.82, 2.24) is 4.31 Å². The lowest BCUT2D eigenvalue weighted by molar-refractivity contribution is 0.458. The summed E-state index contributed by atoms with van der Waals surface area (Å²) >= 11 is 12.0. The van der Waals surface area contributed by atoms with E-state index in [-0.39, 0.29) is 17.6 Å². The summed E-state index contributed by atoms with van der Waals surface area (Å²) in [7, 11) is -3.47. The van der Waals surface area contributed by atoms with Gasteiger partial charge in [-0.05, 0) is 41.8 Å². The number of sulfonamides is 1. The van der Waals surface area contributed by atoms with Gasteiger partial charge in [-0.1, -0.05) is 53.5 Å². The summed E-state index contributed by atoms with van der Waals surface area (Å²) in [6.07, 6.45) is 0. The topological polar surface area (TPSA) is 63.4 Å². The molecular formula is C18H20Cl2N2O2S. The van der Waals surface area contributed by atoms with E-state index in [0.29, 0.717) is 35.2 Å². The van der Waals surface area contributed by atoms with Gasteiger partial charge in [0.2, 0.25) is 10.0 Å². The maximum atomic E-state index is 12.9. The molecule has 1 aliphatic rings. The molecule has 2 atom stereocenters. The number of hydrogen-bond acceptors (Lipinski definition) is 3. The van der Waals surface area contributed by atoms with Crippen LogP contribution in [0.2, 0.25) is 10.0 Å². The van der Waals surface area contributed by atoms with Crippen molar-refractivity contribution in [3.8, 4) is 0 Å². The summed E-state index contributed by atoms with van der Waals surface area (Å²) in [6.45, 7) is 1.34. The fourth-order valence-electron chi connectivity index (χ4n) is 3.37. The lowest BCUT2D eigenvalue weighted by atomic mass is 9.89. The molecule has 0 aliphatic carbocycles. The smallest absolute Gasteiger partial charge is 0.218 e. The first kappa shape index (κ1) is 18.7. The van der Waals surface area contributed by atoms with Crippen LogP contribution in [0.5, 0.6) is 0 Å². The maximum absolute atomic E-state index is 12.9. The maximum Gasteiger partial charge on any atom is 0.218 e. The molecule has 7 heteroatoms. The summed E-state index contributed by atoms with van der Waals surface area (Å²) < 4.78 is 27.3. The quantitative estimate of drug-likeness (QED) is 0.837. The number of nitrogens with zero attached hydrogens (tertiary/aromatic N) is 1. The molecule has 0 saturated carbocycles. The van der Waals surface area contributed by atoms with Crippen molar-refractivity contribution < 1.29 is 8.42 Å². The molecule has 0 aromatic heterocycles. The fraction of sp³-hybridized carbons (Fsp3) is 0.333. The number of rotatable bonds is 5. The van der Waals surface area contributed by atoms with E-state index >= 15 is 0 Å². The van der Waals surface area contributed by atoms with E-state index in [9.17, 15) is 8.42 Å². The van der Waals surface area contributed by atoms with Crippen LogP contribution in [0.1, 0.15) is 17.0 Å². The Labute approximate surface area is 158 Å². The highest BCUT2D eigenvalue weighted by Crippen LogP contribution is 2.34.